The first-order valence-electron chi connectivity index (χ1n) is 11.1. The minimum atomic E-state index is -0.0168. The van der Waals surface area contributed by atoms with Crippen LogP contribution in [0.4, 0.5) is 11.6 Å². The topological polar surface area (TPSA) is 64.5 Å². The number of β-amino-alcohol motifs (C(OH)–C–C–N with tert-alkyl or cyclic N) is 1. The van der Waals surface area contributed by atoms with Crippen LogP contribution in [-0.4, -0.2) is 59.3 Å². The number of halogens is 2. The molecule has 2 saturated heterocycles. The van der Waals surface area contributed by atoms with Crippen LogP contribution >= 0.6 is 23.2 Å². The Balaban J connectivity index is 1.38. The molecule has 0 aliphatic carbocycles. The smallest absolute Gasteiger partial charge is 0.150 e. The number of benzene rings is 1. The Morgan fingerprint density at radius 3 is 2.77 bits per heavy atom. The highest BCUT2D eigenvalue weighted by molar-refractivity contribution is 6.35. The van der Waals surface area contributed by atoms with Gasteiger partial charge in [-0.05, 0) is 62.8 Å². The summed E-state index contributed by atoms with van der Waals surface area (Å²) < 4.78 is 0. The molecule has 0 spiro atoms. The van der Waals surface area contributed by atoms with Crippen molar-refractivity contribution in [3.05, 3.63) is 45.7 Å². The van der Waals surface area contributed by atoms with Gasteiger partial charge in [0.05, 0.1) is 24.5 Å². The number of nitrogens with zero attached hydrogens (tertiary/aromatic N) is 4. The van der Waals surface area contributed by atoms with Crippen molar-refractivity contribution in [3.8, 4) is 0 Å². The van der Waals surface area contributed by atoms with Crippen LogP contribution in [0.2, 0.25) is 10.0 Å². The van der Waals surface area contributed by atoms with E-state index >= 15 is 0 Å². The third kappa shape index (κ3) is 5.25. The van der Waals surface area contributed by atoms with Crippen molar-refractivity contribution in [2.24, 2.45) is 11.8 Å². The summed E-state index contributed by atoms with van der Waals surface area (Å²) >= 11 is 12.4. The van der Waals surface area contributed by atoms with Crippen molar-refractivity contribution in [2.75, 3.05) is 49.5 Å². The monoisotopic (exact) mass is 463 g/mol. The van der Waals surface area contributed by atoms with Crippen molar-refractivity contribution >= 4 is 34.8 Å². The first-order valence-corrected chi connectivity index (χ1v) is 11.8. The maximum Gasteiger partial charge on any atom is 0.150 e. The second-order valence-corrected chi connectivity index (χ2v) is 9.63. The van der Waals surface area contributed by atoms with Gasteiger partial charge in [0.1, 0.15) is 11.6 Å². The van der Waals surface area contributed by atoms with Crippen molar-refractivity contribution in [2.45, 2.75) is 32.7 Å². The van der Waals surface area contributed by atoms with Gasteiger partial charge >= 0.3 is 0 Å². The number of aliphatic hydroxyl groups is 1. The van der Waals surface area contributed by atoms with Crippen LogP contribution in [0.1, 0.15) is 37.1 Å². The van der Waals surface area contributed by atoms with E-state index in [9.17, 15) is 5.11 Å². The summed E-state index contributed by atoms with van der Waals surface area (Å²) in [6, 6.07) is 5.54. The molecule has 4 rings (SSSR count). The van der Waals surface area contributed by atoms with E-state index in [0.717, 1.165) is 55.6 Å². The number of likely N-dealkylation sites (tertiary alicyclic amines) is 1. The molecule has 6 nitrogen and oxygen atoms in total. The minimum Gasteiger partial charge on any atom is -0.395 e. The van der Waals surface area contributed by atoms with E-state index in [1.165, 1.54) is 12.8 Å². The molecule has 31 heavy (non-hydrogen) atoms. The van der Waals surface area contributed by atoms with Crippen LogP contribution in [0, 0.1) is 18.8 Å². The fraction of sp³-hybridized carbons (Fsp3) is 0.565. The maximum absolute atomic E-state index is 9.23. The average molecular weight is 464 g/mol. The number of anilines is 2. The Bertz CT molecular complexity index is 904. The highest BCUT2D eigenvalue weighted by Crippen LogP contribution is 2.34. The van der Waals surface area contributed by atoms with Crippen LogP contribution in [0.25, 0.3) is 0 Å². The lowest BCUT2D eigenvalue weighted by Crippen LogP contribution is -2.54. The van der Waals surface area contributed by atoms with Crippen LogP contribution in [0.3, 0.4) is 0 Å². The van der Waals surface area contributed by atoms with Gasteiger partial charge in [0.25, 0.3) is 0 Å². The predicted octanol–water partition coefficient (Wildman–Crippen LogP) is 4.41. The lowest BCUT2D eigenvalue weighted by molar-refractivity contribution is 0.101. The first-order chi connectivity index (χ1) is 14.9. The van der Waals surface area contributed by atoms with Gasteiger partial charge in [-0.1, -0.05) is 29.3 Å². The number of hydrogen-bond acceptors (Lipinski definition) is 6. The van der Waals surface area contributed by atoms with E-state index < -0.39 is 0 Å². The first kappa shape index (κ1) is 22.6. The molecule has 3 heterocycles. The summed E-state index contributed by atoms with van der Waals surface area (Å²) in [6.45, 7) is 9.32. The van der Waals surface area contributed by atoms with Gasteiger partial charge in [0.2, 0.25) is 0 Å². The van der Waals surface area contributed by atoms with Crippen molar-refractivity contribution in [1.82, 2.24) is 14.9 Å². The molecule has 0 saturated carbocycles. The molecule has 0 unspecified atom stereocenters. The zero-order chi connectivity index (χ0) is 22.0. The fourth-order valence-electron chi connectivity index (χ4n) is 4.68. The van der Waals surface area contributed by atoms with E-state index in [4.69, 9.17) is 28.2 Å². The summed E-state index contributed by atoms with van der Waals surface area (Å²) in [5, 5.41) is 14.0. The van der Waals surface area contributed by atoms with E-state index in [2.05, 4.69) is 27.0 Å². The Labute approximate surface area is 194 Å². The third-order valence-electron chi connectivity index (χ3n) is 6.58. The van der Waals surface area contributed by atoms with Crippen molar-refractivity contribution in [1.29, 1.82) is 0 Å². The molecule has 2 aliphatic heterocycles. The molecule has 2 fully saturated rings. The molecule has 0 bridgehead atoms. The maximum atomic E-state index is 9.23. The number of rotatable bonds is 7. The van der Waals surface area contributed by atoms with E-state index in [1.807, 2.05) is 25.3 Å². The van der Waals surface area contributed by atoms with Gasteiger partial charge in [0, 0.05) is 36.2 Å². The van der Waals surface area contributed by atoms with Crippen LogP contribution in [0.5, 0.6) is 0 Å². The molecular formula is C23H31Cl2N5O. The lowest BCUT2D eigenvalue weighted by atomic mass is 9.80. The summed E-state index contributed by atoms with van der Waals surface area (Å²) in [7, 11) is 0. The lowest BCUT2D eigenvalue weighted by Gasteiger charge is -2.47. The number of aryl methyl sites for hydroxylation is 1. The fourth-order valence-corrected chi connectivity index (χ4v) is 5.26. The van der Waals surface area contributed by atoms with Gasteiger partial charge in [-0.3, -0.25) is 4.98 Å². The number of aromatic nitrogens is 2. The molecule has 8 heteroatoms. The Morgan fingerprint density at radius 1 is 1.23 bits per heavy atom. The molecule has 2 atom stereocenters. The van der Waals surface area contributed by atoms with Gasteiger partial charge in [0.15, 0.2) is 0 Å². The highest BCUT2D eigenvalue weighted by Gasteiger charge is 2.36. The summed E-state index contributed by atoms with van der Waals surface area (Å²) in [5.74, 6) is 3.10. The average Bonchev–Trinajstić information content (AvgIpc) is 2.70. The van der Waals surface area contributed by atoms with Gasteiger partial charge in [-0.15, -0.1) is 0 Å². The van der Waals surface area contributed by atoms with Gasteiger partial charge in [-0.25, -0.2) is 4.98 Å². The highest BCUT2D eigenvalue weighted by atomic mass is 35.5. The van der Waals surface area contributed by atoms with E-state index in [-0.39, 0.29) is 12.6 Å². The summed E-state index contributed by atoms with van der Waals surface area (Å²) in [4.78, 5) is 14.2. The van der Waals surface area contributed by atoms with Crippen LogP contribution in [0.15, 0.2) is 24.4 Å². The molecule has 168 valence electrons. The molecule has 2 aromatic rings. The molecule has 0 radical (unpaired) electrons. The predicted molar refractivity (Wildman–Crippen MR) is 127 cm³/mol. The number of aliphatic hydroxyl groups excluding tert-OH is 1. The molecule has 0 amide bonds. The van der Waals surface area contributed by atoms with Gasteiger partial charge in [-0.2, -0.15) is 0 Å². The zero-order valence-corrected chi connectivity index (χ0v) is 19.7. The summed E-state index contributed by atoms with van der Waals surface area (Å²) in [6.07, 6.45) is 4.38. The van der Waals surface area contributed by atoms with Crippen molar-refractivity contribution < 1.29 is 5.11 Å². The second kappa shape index (κ2) is 9.90. The standard InChI is InChI=1S/C23H31Cl2N5O/c1-15(20-6-5-19(24)10-21(20)25)27-23-16(2)26-11-22(28-23)30-13-18(14-30)17-4-3-7-29(12-17)8-9-31/h5-6,10-11,15,17-18,31H,3-4,7-9,12-14H2,1-2H3,(H,27,28)/t15-,17+/m1/s1. The molecule has 1 aromatic heterocycles. The quantitative estimate of drug-likeness (QED) is 0.633. The second-order valence-electron chi connectivity index (χ2n) is 8.79. The molecule has 2 N–H and O–H groups in total. The number of hydrogen-bond donors (Lipinski definition) is 2. The van der Waals surface area contributed by atoms with E-state index in [0.29, 0.717) is 21.9 Å². The number of piperidine rings is 1. The summed E-state index contributed by atoms with van der Waals surface area (Å²) in [5.41, 5.74) is 1.84. The van der Waals surface area contributed by atoms with Crippen molar-refractivity contribution in [3.63, 3.8) is 0 Å². The largest absolute Gasteiger partial charge is 0.395 e. The molecule has 1 aromatic carbocycles. The Hall–Kier alpha value is -1.60. The Kier molecular flexibility index (Phi) is 7.22. The third-order valence-corrected chi connectivity index (χ3v) is 7.15. The minimum absolute atomic E-state index is 0.0168. The van der Waals surface area contributed by atoms with E-state index in [1.54, 1.807) is 6.07 Å². The van der Waals surface area contributed by atoms with Crippen LogP contribution in [-0.2, 0) is 0 Å². The Morgan fingerprint density at radius 2 is 2.03 bits per heavy atom. The SMILES string of the molecule is Cc1ncc(N2CC([C@H]3CCCN(CCO)C3)C2)nc1N[C@H](C)c1ccc(Cl)cc1Cl. The number of nitrogens with one attached hydrogen (secondary N) is 1. The molecular weight excluding hydrogens is 433 g/mol. The zero-order valence-electron chi connectivity index (χ0n) is 18.2. The van der Waals surface area contributed by atoms with Gasteiger partial charge < -0.3 is 20.2 Å². The van der Waals surface area contributed by atoms with Crippen LogP contribution < -0.4 is 10.2 Å². The molecule has 2 aliphatic rings. The normalized spacial score (nSPS) is 21.1.